The van der Waals surface area contributed by atoms with E-state index >= 15 is 0 Å². The topological polar surface area (TPSA) is 59.3 Å². The van der Waals surface area contributed by atoms with Crippen LogP contribution in [0.3, 0.4) is 0 Å². The van der Waals surface area contributed by atoms with Gasteiger partial charge in [-0.1, -0.05) is 66.7 Å². The van der Waals surface area contributed by atoms with E-state index in [1.807, 2.05) is 82.7 Å². The van der Waals surface area contributed by atoms with Gasteiger partial charge in [-0.2, -0.15) is 4.98 Å². The van der Waals surface area contributed by atoms with E-state index in [4.69, 9.17) is 0 Å². The second-order valence-corrected chi connectivity index (χ2v) is 8.91. The maximum Gasteiger partial charge on any atom is 0.232 e. The number of nitrogens with zero attached hydrogens (tertiary/aromatic N) is 3. The highest BCUT2D eigenvalue weighted by atomic mass is 32.1. The van der Waals surface area contributed by atoms with Crippen LogP contribution in [0.25, 0.3) is 15.7 Å². The first-order valence-electron chi connectivity index (χ1n) is 10.0. The molecule has 0 spiro atoms. The van der Waals surface area contributed by atoms with Crippen molar-refractivity contribution in [3.63, 3.8) is 0 Å². The Morgan fingerprint density at radius 3 is 2.29 bits per heavy atom. The third-order valence-electron chi connectivity index (χ3n) is 5.10. The fourth-order valence-electron chi connectivity index (χ4n) is 3.61. The molecule has 154 valence electrons. The van der Waals surface area contributed by atoms with E-state index in [1.54, 1.807) is 22.7 Å². The number of hydrogen-bond acceptors (Lipinski definition) is 5. The van der Waals surface area contributed by atoms with E-state index in [1.165, 1.54) is 0 Å². The summed E-state index contributed by atoms with van der Waals surface area (Å²) in [6.45, 7) is 0.537. The lowest BCUT2D eigenvalue weighted by molar-refractivity contribution is -0.121. The normalized spacial score (nSPS) is 11.3. The van der Waals surface area contributed by atoms with Crippen LogP contribution in [0.15, 0.2) is 83.6 Å². The van der Waals surface area contributed by atoms with Crippen LogP contribution in [0, 0.1) is 0 Å². The predicted molar refractivity (Wildman–Crippen MR) is 126 cm³/mol. The molecule has 0 aliphatic carbocycles. The van der Waals surface area contributed by atoms with Gasteiger partial charge in [0, 0.05) is 18.3 Å². The lowest BCUT2D eigenvalue weighted by Crippen LogP contribution is -2.31. The quantitative estimate of drug-likeness (QED) is 0.384. The molecule has 0 radical (unpaired) electrons. The van der Waals surface area contributed by atoms with Gasteiger partial charge in [0.05, 0.1) is 16.5 Å². The van der Waals surface area contributed by atoms with Crippen molar-refractivity contribution in [3.8, 4) is 10.7 Å². The summed E-state index contributed by atoms with van der Waals surface area (Å²) in [7, 11) is 0. The molecular formula is C24H20N4OS2. The Kier molecular flexibility index (Phi) is 5.60. The smallest absolute Gasteiger partial charge is 0.232 e. The summed E-state index contributed by atoms with van der Waals surface area (Å²) in [4.78, 5) is 19.7. The number of hydrogen-bond donors (Lipinski definition) is 1. The Morgan fingerprint density at radius 1 is 0.935 bits per heavy atom. The van der Waals surface area contributed by atoms with Gasteiger partial charge in [-0.15, -0.1) is 27.8 Å². The molecule has 1 amide bonds. The standard InChI is InChI=1S/C24H20N4OS2/c29-23(21(17-8-3-1-4-9-17)18-10-5-2-6-11-18)25-14-13-19-16-31-24-26-22(27-28(19)24)20-12-7-15-30-20/h1-12,15-16,21H,13-14H2,(H,25,29). The highest BCUT2D eigenvalue weighted by molar-refractivity contribution is 7.15. The van der Waals surface area contributed by atoms with Gasteiger partial charge >= 0.3 is 0 Å². The molecule has 0 aliphatic rings. The van der Waals surface area contributed by atoms with Crippen molar-refractivity contribution in [2.75, 3.05) is 6.54 Å². The fourth-order valence-corrected chi connectivity index (χ4v) is 5.12. The van der Waals surface area contributed by atoms with Crippen molar-refractivity contribution in [2.24, 2.45) is 0 Å². The molecule has 0 unspecified atom stereocenters. The Bertz CT molecular complexity index is 1240. The van der Waals surface area contributed by atoms with Crippen molar-refractivity contribution in [2.45, 2.75) is 12.3 Å². The zero-order valence-electron chi connectivity index (χ0n) is 16.6. The number of thiazole rings is 1. The minimum atomic E-state index is -0.332. The van der Waals surface area contributed by atoms with Crippen LogP contribution in [0.4, 0.5) is 0 Å². The molecule has 0 saturated heterocycles. The van der Waals surface area contributed by atoms with Crippen LogP contribution in [-0.2, 0) is 11.2 Å². The number of nitrogens with one attached hydrogen (secondary N) is 1. The Balaban J connectivity index is 1.30. The molecule has 31 heavy (non-hydrogen) atoms. The van der Waals surface area contributed by atoms with Crippen molar-refractivity contribution in [1.29, 1.82) is 0 Å². The second kappa shape index (κ2) is 8.83. The summed E-state index contributed by atoms with van der Waals surface area (Å²) in [5, 5.41) is 11.9. The van der Waals surface area contributed by atoms with E-state index in [-0.39, 0.29) is 11.8 Å². The molecule has 1 N–H and O–H groups in total. The zero-order valence-corrected chi connectivity index (χ0v) is 18.3. The van der Waals surface area contributed by atoms with Crippen molar-refractivity contribution < 1.29 is 4.79 Å². The number of aromatic nitrogens is 3. The molecular weight excluding hydrogens is 424 g/mol. The van der Waals surface area contributed by atoms with Gasteiger partial charge in [0.1, 0.15) is 0 Å². The second-order valence-electron chi connectivity index (χ2n) is 7.13. The highest BCUT2D eigenvalue weighted by Crippen LogP contribution is 2.26. The van der Waals surface area contributed by atoms with E-state index in [0.29, 0.717) is 13.0 Å². The first-order chi connectivity index (χ1) is 15.3. The largest absolute Gasteiger partial charge is 0.355 e. The number of rotatable bonds is 7. The summed E-state index contributed by atoms with van der Waals surface area (Å²) in [5.41, 5.74) is 3.02. The highest BCUT2D eigenvalue weighted by Gasteiger charge is 2.22. The van der Waals surface area contributed by atoms with E-state index in [0.717, 1.165) is 32.5 Å². The molecule has 0 bridgehead atoms. The van der Waals surface area contributed by atoms with Gasteiger partial charge in [-0.05, 0) is 22.6 Å². The Hall–Kier alpha value is -3.29. The molecule has 3 heterocycles. The minimum absolute atomic E-state index is 0.00161. The third-order valence-corrected chi connectivity index (χ3v) is 6.83. The number of fused-ring (bicyclic) bond motifs is 1. The molecule has 0 atom stereocenters. The van der Waals surface area contributed by atoms with E-state index in [2.05, 4.69) is 20.8 Å². The number of thiophene rings is 1. The number of benzene rings is 2. The third kappa shape index (κ3) is 4.15. The summed E-state index contributed by atoms with van der Waals surface area (Å²) in [6.07, 6.45) is 0.690. The van der Waals surface area contributed by atoms with Crippen LogP contribution in [0.5, 0.6) is 0 Å². The molecule has 0 fully saturated rings. The lowest BCUT2D eigenvalue weighted by atomic mass is 9.90. The Labute approximate surface area is 188 Å². The predicted octanol–water partition coefficient (Wildman–Crippen LogP) is 5.01. The van der Waals surface area contributed by atoms with Gasteiger partial charge in [0.15, 0.2) is 5.82 Å². The van der Waals surface area contributed by atoms with Crippen LogP contribution >= 0.6 is 22.7 Å². The van der Waals surface area contributed by atoms with E-state index in [9.17, 15) is 4.79 Å². The number of carbonyl (C=O) groups excluding carboxylic acids is 1. The first kappa shape index (κ1) is 19.7. The average molecular weight is 445 g/mol. The number of carbonyl (C=O) groups is 1. The minimum Gasteiger partial charge on any atom is -0.355 e. The van der Waals surface area contributed by atoms with Gasteiger partial charge in [0.25, 0.3) is 0 Å². The van der Waals surface area contributed by atoms with Gasteiger partial charge in [0.2, 0.25) is 10.9 Å². The van der Waals surface area contributed by atoms with Crippen LogP contribution < -0.4 is 5.32 Å². The maximum atomic E-state index is 13.2. The molecule has 5 aromatic rings. The van der Waals surface area contributed by atoms with Crippen molar-refractivity contribution in [1.82, 2.24) is 19.9 Å². The average Bonchev–Trinajstić information content (AvgIpc) is 3.54. The van der Waals surface area contributed by atoms with Gasteiger partial charge in [-0.25, -0.2) is 4.52 Å². The molecule has 2 aromatic carbocycles. The van der Waals surface area contributed by atoms with Crippen molar-refractivity contribution >= 4 is 33.5 Å². The van der Waals surface area contributed by atoms with Gasteiger partial charge < -0.3 is 5.32 Å². The summed E-state index contributed by atoms with van der Waals surface area (Å²) >= 11 is 3.20. The molecule has 0 saturated carbocycles. The number of amides is 1. The van der Waals surface area contributed by atoms with Crippen LogP contribution in [0.2, 0.25) is 0 Å². The zero-order chi connectivity index (χ0) is 21.0. The Morgan fingerprint density at radius 2 is 1.65 bits per heavy atom. The lowest BCUT2D eigenvalue weighted by Gasteiger charge is -2.17. The molecule has 7 heteroatoms. The van der Waals surface area contributed by atoms with Crippen molar-refractivity contribution in [3.05, 3.63) is 100 Å². The fraction of sp³-hybridized carbons (Fsp3) is 0.125. The van der Waals surface area contributed by atoms with Crippen LogP contribution in [-0.4, -0.2) is 27.0 Å². The SMILES string of the molecule is O=C(NCCc1csc2nc(-c3cccs3)nn12)C(c1ccccc1)c1ccccc1. The molecule has 0 aliphatic heterocycles. The summed E-state index contributed by atoms with van der Waals surface area (Å²) < 4.78 is 1.89. The van der Waals surface area contributed by atoms with Gasteiger partial charge in [-0.3, -0.25) is 4.79 Å². The summed E-state index contributed by atoms with van der Waals surface area (Å²) in [6, 6.07) is 23.8. The first-order valence-corrected chi connectivity index (χ1v) is 11.8. The monoisotopic (exact) mass is 444 g/mol. The van der Waals surface area contributed by atoms with Crippen LogP contribution in [0.1, 0.15) is 22.7 Å². The molecule has 3 aromatic heterocycles. The molecule has 5 rings (SSSR count). The maximum absolute atomic E-state index is 13.2. The van der Waals surface area contributed by atoms with E-state index < -0.39 is 0 Å². The molecule has 5 nitrogen and oxygen atoms in total. The summed E-state index contributed by atoms with van der Waals surface area (Å²) in [5.74, 6) is 0.420.